The molecule has 0 N–H and O–H groups in total. The van der Waals surface area contributed by atoms with Gasteiger partial charge in [0.05, 0.1) is 34.7 Å². The molecule has 4 rings (SSSR count). The smallest absolute Gasteiger partial charge is 0.267 e. The van der Waals surface area contributed by atoms with Crippen molar-refractivity contribution in [2.45, 2.75) is 19.5 Å². The molecule has 1 atom stereocenters. The minimum Gasteiger partial charge on any atom is -0.548 e. The lowest BCUT2D eigenvalue weighted by atomic mass is 10.1. The van der Waals surface area contributed by atoms with Gasteiger partial charge in [0.1, 0.15) is 4.32 Å². The van der Waals surface area contributed by atoms with E-state index in [9.17, 15) is 19.5 Å². The van der Waals surface area contributed by atoms with Crippen molar-refractivity contribution in [2.24, 2.45) is 0 Å². The molecule has 0 spiro atoms. The van der Waals surface area contributed by atoms with E-state index in [1.165, 1.54) is 6.92 Å². The summed E-state index contributed by atoms with van der Waals surface area (Å²) in [5.74, 6) is -2.30. The van der Waals surface area contributed by atoms with Crippen molar-refractivity contribution >= 4 is 57.3 Å². The fraction of sp³-hybridized carbons (Fsp3) is 0.143. The van der Waals surface area contributed by atoms with E-state index in [0.717, 1.165) is 22.2 Å². The molecule has 6 nitrogen and oxygen atoms in total. The Morgan fingerprint density at radius 1 is 1.07 bits per heavy atom. The maximum atomic E-state index is 13.3. The number of carbonyl (C=O) groups excluding carboxylic acids is 3. The number of nitrogens with zero attached hydrogens (tertiary/aromatic N) is 2. The van der Waals surface area contributed by atoms with Crippen LogP contribution in [0.3, 0.4) is 0 Å². The number of benzene rings is 2. The molecule has 0 bridgehead atoms. The average molecular weight is 423 g/mol. The number of carbonyl (C=O) groups is 3. The van der Waals surface area contributed by atoms with E-state index in [1.807, 2.05) is 42.5 Å². The second kappa shape index (κ2) is 7.46. The van der Waals surface area contributed by atoms with Crippen molar-refractivity contribution in [3.63, 3.8) is 0 Å². The predicted molar refractivity (Wildman–Crippen MR) is 112 cm³/mol. The van der Waals surface area contributed by atoms with Crippen molar-refractivity contribution in [1.82, 2.24) is 4.90 Å². The monoisotopic (exact) mass is 423 g/mol. The van der Waals surface area contributed by atoms with Gasteiger partial charge in [-0.25, -0.2) is 0 Å². The number of thioether (sulfide) groups is 1. The number of anilines is 1. The summed E-state index contributed by atoms with van der Waals surface area (Å²) in [5, 5.41) is 11.3. The highest BCUT2D eigenvalue weighted by Gasteiger charge is 2.43. The SMILES string of the molecule is C[C@H](C(=O)[O-])N1C(=O)/C(=C2/C(=O)N(Cc3ccccc3)c3ccccc32)SC1=S. The van der Waals surface area contributed by atoms with Crippen molar-refractivity contribution in [3.8, 4) is 0 Å². The molecule has 2 aliphatic heterocycles. The lowest BCUT2D eigenvalue weighted by Crippen LogP contribution is -2.48. The molecule has 2 aromatic rings. The van der Waals surface area contributed by atoms with E-state index in [4.69, 9.17) is 12.2 Å². The number of aliphatic carboxylic acids is 1. The van der Waals surface area contributed by atoms with Gasteiger partial charge in [0.25, 0.3) is 11.8 Å². The van der Waals surface area contributed by atoms with Gasteiger partial charge in [-0.1, -0.05) is 72.5 Å². The normalized spacial score (nSPS) is 19.7. The average Bonchev–Trinajstić information content (AvgIpc) is 3.15. The summed E-state index contributed by atoms with van der Waals surface area (Å²) in [6.45, 7) is 1.69. The molecule has 1 fully saturated rings. The molecule has 2 aliphatic rings. The molecule has 0 aliphatic carbocycles. The summed E-state index contributed by atoms with van der Waals surface area (Å²) in [4.78, 5) is 40.3. The second-order valence-electron chi connectivity index (χ2n) is 6.64. The third kappa shape index (κ3) is 3.24. The number of fused-ring (bicyclic) bond motifs is 1. The minimum atomic E-state index is -1.41. The molecular formula is C21H15N2O4S2-. The first-order valence-electron chi connectivity index (χ1n) is 8.86. The second-order valence-corrected chi connectivity index (χ2v) is 8.28. The van der Waals surface area contributed by atoms with Crippen LogP contribution in [-0.2, 0) is 20.9 Å². The molecule has 2 aromatic carbocycles. The Morgan fingerprint density at radius 3 is 2.41 bits per heavy atom. The van der Waals surface area contributed by atoms with Gasteiger partial charge in [-0.15, -0.1) is 0 Å². The topological polar surface area (TPSA) is 80.7 Å². The summed E-state index contributed by atoms with van der Waals surface area (Å²) in [6, 6.07) is 15.6. The molecule has 2 heterocycles. The van der Waals surface area contributed by atoms with E-state index in [2.05, 4.69) is 0 Å². The first-order valence-corrected chi connectivity index (χ1v) is 10.1. The van der Waals surface area contributed by atoms with Crippen LogP contribution in [0.15, 0.2) is 59.5 Å². The highest BCUT2D eigenvalue weighted by atomic mass is 32.2. The molecule has 8 heteroatoms. The van der Waals surface area contributed by atoms with Crippen molar-refractivity contribution in [2.75, 3.05) is 4.90 Å². The summed E-state index contributed by atoms with van der Waals surface area (Å²) in [6.07, 6.45) is 0. The highest BCUT2D eigenvalue weighted by Crippen LogP contribution is 2.45. The molecule has 0 aromatic heterocycles. The maximum Gasteiger partial charge on any atom is 0.267 e. The van der Waals surface area contributed by atoms with Crippen LogP contribution in [0, 0.1) is 0 Å². The summed E-state index contributed by atoms with van der Waals surface area (Å²) in [5.41, 5.74) is 2.54. The van der Waals surface area contributed by atoms with Crippen LogP contribution in [-0.4, -0.2) is 33.0 Å². The zero-order valence-electron chi connectivity index (χ0n) is 15.3. The van der Waals surface area contributed by atoms with Gasteiger partial charge in [0.15, 0.2) is 0 Å². The fourth-order valence-electron chi connectivity index (χ4n) is 3.39. The first-order chi connectivity index (χ1) is 13.9. The molecule has 29 heavy (non-hydrogen) atoms. The van der Waals surface area contributed by atoms with Crippen LogP contribution in [0.5, 0.6) is 0 Å². The molecule has 1 saturated heterocycles. The number of hydrogen-bond acceptors (Lipinski definition) is 6. The van der Waals surface area contributed by atoms with E-state index in [0.29, 0.717) is 17.8 Å². The van der Waals surface area contributed by atoms with Crippen molar-refractivity contribution in [3.05, 3.63) is 70.6 Å². The molecule has 0 unspecified atom stereocenters. The van der Waals surface area contributed by atoms with Crippen LogP contribution in [0.2, 0.25) is 0 Å². The Balaban J connectivity index is 1.79. The molecule has 0 saturated carbocycles. The highest BCUT2D eigenvalue weighted by molar-refractivity contribution is 8.26. The van der Waals surface area contributed by atoms with E-state index in [-0.39, 0.29) is 20.7 Å². The lowest BCUT2D eigenvalue weighted by molar-refractivity contribution is -0.309. The first kappa shape index (κ1) is 19.4. The Bertz CT molecular complexity index is 1080. The number of thiocarbonyl (C=S) groups is 1. The standard InChI is InChI=1S/C21H16N2O4S2/c1-12(20(26)27)23-19(25)17(29-21(23)28)16-14-9-5-6-10-15(14)22(18(16)24)11-13-7-3-2-4-8-13/h2-10,12H,11H2,1H3,(H,26,27)/p-1/b17-16-/t12-/m1/s1. The Morgan fingerprint density at radius 2 is 1.72 bits per heavy atom. The third-order valence-electron chi connectivity index (χ3n) is 4.86. The maximum absolute atomic E-state index is 13.3. The van der Waals surface area contributed by atoms with Gasteiger partial charge >= 0.3 is 0 Å². The number of para-hydroxylation sites is 1. The molecular weight excluding hydrogens is 408 g/mol. The van der Waals surface area contributed by atoms with Gasteiger partial charge in [-0.3, -0.25) is 14.5 Å². The van der Waals surface area contributed by atoms with Crippen LogP contribution >= 0.6 is 24.0 Å². The Kier molecular flexibility index (Phi) is 4.97. The molecule has 0 radical (unpaired) electrons. The van der Waals surface area contributed by atoms with E-state index < -0.39 is 17.9 Å². The quantitative estimate of drug-likeness (QED) is 0.552. The largest absolute Gasteiger partial charge is 0.548 e. The molecule has 146 valence electrons. The predicted octanol–water partition coefficient (Wildman–Crippen LogP) is 1.94. The number of hydrogen-bond donors (Lipinski definition) is 0. The number of rotatable bonds is 4. The fourth-order valence-corrected chi connectivity index (χ4v) is 4.88. The number of carboxylic acid groups (broad SMARTS) is 1. The van der Waals surface area contributed by atoms with Crippen LogP contribution < -0.4 is 10.0 Å². The van der Waals surface area contributed by atoms with Gasteiger partial charge < -0.3 is 14.8 Å². The van der Waals surface area contributed by atoms with E-state index in [1.54, 1.807) is 17.0 Å². The van der Waals surface area contributed by atoms with Crippen LogP contribution in [0.1, 0.15) is 18.1 Å². The molecule has 2 amide bonds. The van der Waals surface area contributed by atoms with E-state index >= 15 is 0 Å². The Hall–Kier alpha value is -2.97. The third-order valence-corrected chi connectivity index (χ3v) is 6.26. The summed E-state index contributed by atoms with van der Waals surface area (Å²) < 4.78 is 0.0981. The summed E-state index contributed by atoms with van der Waals surface area (Å²) >= 11 is 6.16. The van der Waals surface area contributed by atoms with Gasteiger partial charge in [-0.2, -0.15) is 0 Å². The van der Waals surface area contributed by atoms with Gasteiger partial charge in [0, 0.05) is 5.56 Å². The Labute approximate surface area is 176 Å². The van der Waals surface area contributed by atoms with Crippen LogP contribution in [0.4, 0.5) is 5.69 Å². The lowest BCUT2D eigenvalue weighted by Gasteiger charge is -2.23. The van der Waals surface area contributed by atoms with Gasteiger partial charge in [-0.05, 0) is 18.6 Å². The van der Waals surface area contributed by atoms with Gasteiger partial charge in [0.2, 0.25) is 0 Å². The number of carboxylic acids is 1. The zero-order chi connectivity index (χ0) is 20.7. The van der Waals surface area contributed by atoms with Crippen molar-refractivity contribution in [1.29, 1.82) is 0 Å². The minimum absolute atomic E-state index is 0.0981. The van der Waals surface area contributed by atoms with Crippen LogP contribution in [0.25, 0.3) is 5.57 Å². The number of amides is 2. The van der Waals surface area contributed by atoms with Crippen molar-refractivity contribution < 1.29 is 19.5 Å². The zero-order valence-corrected chi connectivity index (χ0v) is 17.0. The summed E-state index contributed by atoms with van der Waals surface area (Å²) in [7, 11) is 0.